The second kappa shape index (κ2) is 4.85. The summed E-state index contributed by atoms with van der Waals surface area (Å²) in [5.74, 6) is 1.18. The minimum Gasteiger partial charge on any atom is -0.338 e. The SMILES string of the molecule is O=C1C[C@H]2[C@@H](CCN2Cc2ccncc2)N1CC1CC1. The molecule has 2 saturated heterocycles. The van der Waals surface area contributed by atoms with Crippen LogP contribution in [0.15, 0.2) is 24.5 Å². The Morgan fingerprint density at radius 2 is 1.95 bits per heavy atom. The number of aromatic nitrogens is 1. The maximum Gasteiger partial charge on any atom is 0.224 e. The summed E-state index contributed by atoms with van der Waals surface area (Å²) in [6.45, 7) is 3.09. The van der Waals surface area contributed by atoms with Gasteiger partial charge >= 0.3 is 0 Å². The van der Waals surface area contributed by atoms with E-state index in [0.717, 1.165) is 38.4 Å². The molecule has 1 saturated carbocycles. The molecular formula is C16H21N3O. The van der Waals surface area contributed by atoms with Crippen LogP contribution in [-0.2, 0) is 11.3 Å². The Labute approximate surface area is 119 Å². The van der Waals surface area contributed by atoms with E-state index in [1.807, 2.05) is 12.4 Å². The topological polar surface area (TPSA) is 36.4 Å². The fourth-order valence-electron chi connectivity index (χ4n) is 3.74. The summed E-state index contributed by atoms with van der Waals surface area (Å²) in [5, 5.41) is 0. The average molecular weight is 271 g/mol. The molecule has 1 aliphatic carbocycles. The van der Waals surface area contributed by atoms with Gasteiger partial charge in [0, 0.05) is 50.5 Å². The molecule has 1 aromatic rings. The van der Waals surface area contributed by atoms with Crippen LogP contribution in [0.3, 0.4) is 0 Å². The molecule has 2 atom stereocenters. The quantitative estimate of drug-likeness (QED) is 0.836. The molecule has 0 unspecified atom stereocenters. The molecule has 4 heteroatoms. The van der Waals surface area contributed by atoms with Gasteiger partial charge in [-0.05, 0) is 42.9 Å². The molecule has 0 spiro atoms. The number of fused-ring (bicyclic) bond motifs is 1. The van der Waals surface area contributed by atoms with Gasteiger partial charge in [0.2, 0.25) is 5.91 Å². The highest BCUT2D eigenvalue weighted by atomic mass is 16.2. The lowest BCUT2D eigenvalue weighted by Crippen LogP contribution is -2.38. The van der Waals surface area contributed by atoms with Crippen molar-refractivity contribution in [2.24, 2.45) is 5.92 Å². The van der Waals surface area contributed by atoms with Crippen LogP contribution in [-0.4, -0.2) is 45.9 Å². The highest BCUT2D eigenvalue weighted by Gasteiger charge is 2.47. The Balaban J connectivity index is 1.45. The van der Waals surface area contributed by atoms with Crippen molar-refractivity contribution in [3.05, 3.63) is 30.1 Å². The van der Waals surface area contributed by atoms with Crippen molar-refractivity contribution in [3.63, 3.8) is 0 Å². The molecule has 4 rings (SSSR count). The van der Waals surface area contributed by atoms with E-state index in [0.29, 0.717) is 18.0 Å². The van der Waals surface area contributed by atoms with Gasteiger partial charge in [-0.25, -0.2) is 0 Å². The van der Waals surface area contributed by atoms with Crippen LogP contribution in [0.25, 0.3) is 0 Å². The third kappa shape index (κ3) is 2.22. The van der Waals surface area contributed by atoms with Gasteiger partial charge in [-0.15, -0.1) is 0 Å². The second-order valence-corrected chi connectivity index (χ2v) is 6.44. The van der Waals surface area contributed by atoms with Gasteiger partial charge in [-0.2, -0.15) is 0 Å². The van der Waals surface area contributed by atoms with E-state index >= 15 is 0 Å². The number of pyridine rings is 1. The average Bonchev–Trinajstić information content (AvgIpc) is 3.13. The zero-order chi connectivity index (χ0) is 13.5. The van der Waals surface area contributed by atoms with Gasteiger partial charge in [0.05, 0.1) is 0 Å². The van der Waals surface area contributed by atoms with E-state index in [2.05, 4.69) is 26.9 Å². The zero-order valence-corrected chi connectivity index (χ0v) is 11.7. The summed E-state index contributed by atoms with van der Waals surface area (Å²) in [5.41, 5.74) is 1.30. The van der Waals surface area contributed by atoms with E-state index < -0.39 is 0 Å². The second-order valence-electron chi connectivity index (χ2n) is 6.44. The Bertz CT molecular complexity index is 500. The number of likely N-dealkylation sites (tertiary alicyclic amines) is 2. The highest BCUT2D eigenvalue weighted by molar-refractivity contribution is 5.80. The van der Waals surface area contributed by atoms with Crippen molar-refractivity contribution in [3.8, 4) is 0 Å². The lowest BCUT2D eigenvalue weighted by atomic mass is 10.1. The molecule has 0 radical (unpaired) electrons. The Morgan fingerprint density at radius 1 is 1.15 bits per heavy atom. The summed E-state index contributed by atoms with van der Waals surface area (Å²) >= 11 is 0. The normalized spacial score (nSPS) is 30.0. The van der Waals surface area contributed by atoms with Crippen LogP contribution in [0.4, 0.5) is 0 Å². The number of amides is 1. The predicted molar refractivity (Wildman–Crippen MR) is 75.9 cm³/mol. The zero-order valence-electron chi connectivity index (χ0n) is 11.7. The van der Waals surface area contributed by atoms with Crippen molar-refractivity contribution in [1.29, 1.82) is 0 Å². The summed E-state index contributed by atoms with van der Waals surface area (Å²) in [7, 11) is 0. The lowest BCUT2D eigenvalue weighted by Gasteiger charge is -2.25. The van der Waals surface area contributed by atoms with Crippen LogP contribution in [0.2, 0.25) is 0 Å². The Morgan fingerprint density at radius 3 is 2.70 bits per heavy atom. The van der Waals surface area contributed by atoms with Crippen molar-refractivity contribution in [1.82, 2.24) is 14.8 Å². The number of carbonyl (C=O) groups is 1. The summed E-state index contributed by atoms with van der Waals surface area (Å²) in [6.07, 6.45) is 8.21. The van der Waals surface area contributed by atoms with Crippen molar-refractivity contribution in [2.45, 2.75) is 44.3 Å². The molecular weight excluding hydrogens is 250 g/mol. The first-order chi connectivity index (χ1) is 9.81. The van der Waals surface area contributed by atoms with Crippen LogP contribution < -0.4 is 0 Å². The van der Waals surface area contributed by atoms with Crippen molar-refractivity contribution >= 4 is 5.91 Å². The molecule has 3 aliphatic rings. The number of nitrogens with zero attached hydrogens (tertiary/aromatic N) is 3. The van der Waals surface area contributed by atoms with Gasteiger partial charge in [0.25, 0.3) is 0 Å². The molecule has 3 fully saturated rings. The number of carbonyl (C=O) groups excluding carboxylic acids is 1. The predicted octanol–water partition coefficient (Wildman–Crippen LogP) is 1.67. The van der Waals surface area contributed by atoms with Crippen LogP contribution in [0.5, 0.6) is 0 Å². The molecule has 4 nitrogen and oxygen atoms in total. The smallest absolute Gasteiger partial charge is 0.224 e. The molecule has 3 heterocycles. The lowest BCUT2D eigenvalue weighted by molar-refractivity contribution is -0.129. The van der Waals surface area contributed by atoms with Crippen molar-refractivity contribution < 1.29 is 4.79 Å². The molecule has 20 heavy (non-hydrogen) atoms. The number of hydrogen-bond donors (Lipinski definition) is 0. The standard InChI is InChI=1S/C16H21N3O/c20-16-9-15-14(19(16)11-12-1-2-12)5-8-18(15)10-13-3-6-17-7-4-13/h3-4,6-7,12,14-15H,1-2,5,8-11H2/t14-,15+/m1/s1. The maximum absolute atomic E-state index is 12.2. The van der Waals surface area contributed by atoms with Crippen LogP contribution in [0, 0.1) is 5.92 Å². The molecule has 0 aromatic carbocycles. The largest absolute Gasteiger partial charge is 0.338 e. The van der Waals surface area contributed by atoms with E-state index in [1.165, 1.54) is 18.4 Å². The first-order valence-corrected chi connectivity index (χ1v) is 7.73. The monoisotopic (exact) mass is 271 g/mol. The van der Waals surface area contributed by atoms with Gasteiger partial charge in [0.1, 0.15) is 0 Å². The van der Waals surface area contributed by atoms with E-state index in [4.69, 9.17) is 0 Å². The minimum absolute atomic E-state index is 0.381. The Kier molecular flexibility index (Phi) is 2.99. The first-order valence-electron chi connectivity index (χ1n) is 7.73. The third-order valence-electron chi connectivity index (χ3n) is 5.02. The number of hydrogen-bond acceptors (Lipinski definition) is 3. The first kappa shape index (κ1) is 12.3. The van der Waals surface area contributed by atoms with Gasteiger partial charge in [-0.1, -0.05) is 0 Å². The van der Waals surface area contributed by atoms with Crippen molar-refractivity contribution in [2.75, 3.05) is 13.1 Å². The molecule has 0 N–H and O–H groups in total. The molecule has 2 aliphatic heterocycles. The Hall–Kier alpha value is -1.42. The molecule has 1 amide bonds. The van der Waals surface area contributed by atoms with Gasteiger partial charge in [0.15, 0.2) is 0 Å². The van der Waals surface area contributed by atoms with E-state index in [9.17, 15) is 4.79 Å². The van der Waals surface area contributed by atoms with Crippen LogP contribution >= 0.6 is 0 Å². The fourth-order valence-corrected chi connectivity index (χ4v) is 3.74. The molecule has 106 valence electrons. The minimum atomic E-state index is 0.381. The summed E-state index contributed by atoms with van der Waals surface area (Å²) in [6, 6.07) is 5.07. The van der Waals surface area contributed by atoms with Gasteiger partial charge in [-0.3, -0.25) is 14.7 Å². The van der Waals surface area contributed by atoms with E-state index in [1.54, 1.807) is 0 Å². The maximum atomic E-state index is 12.2. The van der Waals surface area contributed by atoms with Crippen LogP contribution in [0.1, 0.15) is 31.2 Å². The number of rotatable bonds is 4. The van der Waals surface area contributed by atoms with E-state index in [-0.39, 0.29) is 0 Å². The molecule has 0 bridgehead atoms. The fraction of sp³-hybridized carbons (Fsp3) is 0.625. The van der Waals surface area contributed by atoms with Gasteiger partial charge < -0.3 is 4.90 Å². The summed E-state index contributed by atoms with van der Waals surface area (Å²) < 4.78 is 0. The summed E-state index contributed by atoms with van der Waals surface area (Å²) in [4.78, 5) is 21.0. The molecule has 1 aromatic heterocycles. The third-order valence-corrected chi connectivity index (χ3v) is 5.02. The highest BCUT2D eigenvalue weighted by Crippen LogP contribution is 2.37.